The average molecular weight is 209 g/mol. The molecule has 0 bridgehead atoms. The molecule has 0 aliphatic heterocycles. The number of carbonyl (C=O) groups is 1. The fourth-order valence-electron chi connectivity index (χ4n) is 0.887. The predicted molar refractivity (Wildman–Crippen MR) is 53.1 cm³/mol. The molecule has 0 aliphatic rings. The second kappa shape index (κ2) is 4.99. The van der Waals surface area contributed by atoms with Gasteiger partial charge in [-0.3, -0.25) is 4.98 Å². The Labute approximate surface area is 86.6 Å². The molecule has 5 heteroatoms. The van der Waals surface area contributed by atoms with Gasteiger partial charge in [-0.2, -0.15) is 0 Å². The van der Waals surface area contributed by atoms with Crippen molar-refractivity contribution in [2.75, 3.05) is 6.61 Å². The van der Waals surface area contributed by atoms with E-state index in [0.29, 0.717) is 5.69 Å². The fraction of sp³-hybridized carbons (Fsp3) is 0.200. The van der Waals surface area contributed by atoms with Crippen molar-refractivity contribution in [3.05, 3.63) is 29.8 Å². The monoisotopic (exact) mass is 209 g/mol. The number of aliphatic hydroxyl groups excluding tert-OH is 1. The molecule has 0 aromatic carbocycles. The predicted octanol–water partition coefficient (Wildman–Crippen LogP) is 1.25. The lowest BCUT2D eigenvalue weighted by Gasteiger charge is -1.99. The summed E-state index contributed by atoms with van der Waals surface area (Å²) in [4.78, 5) is 14.8. The van der Waals surface area contributed by atoms with Crippen LogP contribution < -0.4 is 0 Å². The molecule has 1 aromatic rings. The summed E-state index contributed by atoms with van der Waals surface area (Å²) in [5.41, 5.74) is 0.360. The molecule has 0 amide bonds. The van der Waals surface area contributed by atoms with Crippen molar-refractivity contribution in [2.24, 2.45) is 0 Å². The largest absolute Gasteiger partial charge is 0.506 e. The Morgan fingerprint density at radius 3 is 2.87 bits per heavy atom. The Hall–Kier alpha value is -2.04. The van der Waals surface area contributed by atoms with E-state index in [9.17, 15) is 9.90 Å². The first kappa shape index (κ1) is 11.0. The van der Waals surface area contributed by atoms with Crippen LogP contribution in [0.2, 0.25) is 0 Å². The Morgan fingerprint density at radius 1 is 1.60 bits per heavy atom. The molecule has 0 saturated heterocycles. The lowest BCUT2D eigenvalue weighted by atomic mass is 10.3. The van der Waals surface area contributed by atoms with Crippen molar-refractivity contribution in [1.82, 2.24) is 4.98 Å². The fourth-order valence-corrected chi connectivity index (χ4v) is 0.887. The van der Waals surface area contributed by atoms with Gasteiger partial charge in [0.05, 0.1) is 18.5 Å². The van der Waals surface area contributed by atoms with Crippen molar-refractivity contribution >= 4 is 12.0 Å². The highest BCUT2D eigenvalue weighted by Crippen LogP contribution is 2.08. The third kappa shape index (κ3) is 3.30. The number of pyridine rings is 1. The molecule has 0 fully saturated rings. The van der Waals surface area contributed by atoms with Crippen LogP contribution in [0.1, 0.15) is 12.6 Å². The van der Waals surface area contributed by atoms with Crippen molar-refractivity contribution in [1.29, 1.82) is 0 Å². The number of esters is 1. The first-order valence-corrected chi connectivity index (χ1v) is 4.36. The minimum absolute atomic E-state index is 0.0165. The molecule has 15 heavy (non-hydrogen) atoms. The van der Waals surface area contributed by atoms with Crippen LogP contribution in [-0.2, 0) is 9.53 Å². The number of hydrogen-bond donors (Lipinski definition) is 2. The molecule has 1 heterocycles. The third-order valence-electron chi connectivity index (χ3n) is 1.54. The molecule has 0 spiro atoms. The summed E-state index contributed by atoms with van der Waals surface area (Å²) in [5, 5.41) is 18.2. The van der Waals surface area contributed by atoms with Crippen LogP contribution in [0.25, 0.3) is 6.08 Å². The maximum Gasteiger partial charge on any atom is 0.373 e. The third-order valence-corrected chi connectivity index (χ3v) is 1.54. The van der Waals surface area contributed by atoms with Gasteiger partial charge in [0.25, 0.3) is 0 Å². The zero-order chi connectivity index (χ0) is 11.3. The topological polar surface area (TPSA) is 79.7 Å². The van der Waals surface area contributed by atoms with E-state index in [2.05, 4.69) is 9.72 Å². The van der Waals surface area contributed by atoms with E-state index in [-0.39, 0.29) is 12.4 Å². The van der Waals surface area contributed by atoms with Gasteiger partial charge >= 0.3 is 5.97 Å². The second-order valence-electron chi connectivity index (χ2n) is 2.69. The maximum atomic E-state index is 11.0. The number of rotatable bonds is 3. The van der Waals surface area contributed by atoms with E-state index in [0.717, 1.165) is 6.08 Å². The van der Waals surface area contributed by atoms with E-state index in [1.165, 1.54) is 18.3 Å². The minimum atomic E-state index is -0.799. The van der Waals surface area contributed by atoms with Gasteiger partial charge in [0.1, 0.15) is 5.75 Å². The van der Waals surface area contributed by atoms with E-state index in [1.807, 2.05) is 0 Å². The van der Waals surface area contributed by atoms with Gasteiger partial charge in [0.2, 0.25) is 5.76 Å². The van der Waals surface area contributed by atoms with E-state index in [4.69, 9.17) is 5.11 Å². The number of hydrogen-bond acceptors (Lipinski definition) is 5. The van der Waals surface area contributed by atoms with Gasteiger partial charge in [-0.15, -0.1) is 0 Å². The standard InChI is InChI=1S/C10H11NO4/c1-2-15-10(14)9(13)5-7-3-4-8(12)6-11-7/h3-6,12-13H,2H2,1H3. The average Bonchev–Trinajstić information content (AvgIpc) is 2.22. The highest BCUT2D eigenvalue weighted by molar-refractivity contribution is 5.90. The van der Waals surface area contributed by atoms with Crippen molar-refractivity contribution in [3.8, 4) is 5.75 Å². The quantitative estimate of drug-likeness (QED) is 0.445. The first-order chi connectivity index (χ1) is 7.13. The smallest absolute Gasteiger partial charge is 0.373 e. The summed E-state index contributed by atoms with van der Waals surface area (Å²) in [5.74, 6) is -1.30. The van der Waals surface area contributed by atoms with Crippen LogP contribution in [0.4, 0.5) is 0 Å². The molecule has 0 aliphatic carbocycles. The molecular formula is C10H11NO4. The van der Waals surface area contributed by atoms with Gasteiger partial charge in [0.15, 0.2) is 0 Å². The minimum Gasteiger partial charge on any atom is -0.506 e. The lowest BCUT2D eigenvalue weighted by molar-refractivity contribution is -0.141. The van der Waals surface area contributed by atoms with Gasteiger partial charge in [-0.25, -0.2) is 4.79 Å². The zero-order valence-electron chi connectivity index (χ0n) is 8.17. The normalized spacial score (nSPS) is 11.1. The highest BCUT2D eigenvalue weighted by Gasteiger charge is 2.07. The SMILES string of the molecule is CCOC(=O)C(O)=Cc1ccc(O)cn1. The Bertz CT molecular complexity index is 370. The Kier molecular flexibility index (Phi) is 3.68. The Morgan fingerprint density at radius 2 is 2.33 bits per heavy atom. The summed E-state index contributed by atoms with van der Waals surface area (Å²) < 4.78 is 4.57. The van der Waals surface area contributed by atoms with Crippen molar-refractivity contribution in [2.45, 2.75) is 6.92 Å². The van der Waals surface area contributed by atoms with E-state index < -0.39 is 11.7 Å². The molecule has 5 nitrogen and oxygen atoms in total. The molecule has 2 N–H and O–H groups in total. The Balaban J connectivity index is 2.78. The van der Waals surface area contributed by atoms with E-state index in [1.54, 1.807) is 6.92 Å². The lowest BCUT2D eigenvalue weighted by Crippen LogP contribution is -2.06. The van der Waals surface area contributed by atoms with Crippen molar-refractivity contribution < 1.29 is 19.7 Å². The zero-order valence-corrected chi connectivity index (χ0v) is 8.17. The number of carbonyl (C=O) groups excluding carboxylic acids is 1. The van der Waals surface area contributed by atoms with Gasteiger partial charge < -0.3 is 14.9 Å². The number of ether oxygens (including phenoxy) is 1. The molecule has 80 valence electrons. The van der Waals surface area contributed by atoms with Crippen LogP contribution in [0.15, 0.2) is 24.1 Å². The van der Waals surface area contributed by atoms with Gasteiger partial charge in [0, 0.05) is 6.08 Å². The molecular weight excluding hydrogens is 198 g/mol. The van der Waals surface area contributed by atoms with Crippen LogP contribution >= 0.6 is 0 Å². The summed E-state index contributed by atoms with van der Waals surface area (Å²) in [6.45, 7) is 1.84. The van der Waals surface area contributed by atoms with Crippen LogP contribution in [0.5, 0.6) is 5.75 Å². The molecule has 0 atom stereocenters. The number of aromatic hydroxyl groups is 1. The summed E-state index contributed by atoms with van der Waals surface area (Å²) in [6, 6.07) is 2.86. The molecule has 0 radical (unpaired) electrons. The van der Waals surface area contributed by atoms with Crippen LogP contribution in [0.3, 0.4) is 0 Å². The molecule has 0 unspecified atom stereocenters. The van der Waals surface area contributed by atoms with Crippen LogP contribution in [0, 0.1) is 0 Å². The molecule has 1 aromatic heterocycles. The van der Waals surface area contributed by atoms with Gasteiger partial charge in [-0.1, -0.05) is 0 Å². The maximum absolute atomic E-state index is 11.0. The molecule has 0 saturated carbocycles. The van der Waals surface area contributed by atoms with Crippen molar-refractivity contribution in [3.63, 3.8) is 0 Å². The van der Waals surface area contributed by atoms with E-state index >= 15 is 0 Å². The molecule has 1 rings (SSSR count). The second-order valence-corrected chi connectivity index (χ2v) is 2.69. The highest BCUT2D eigenvalue weighted by atomic mass is 16.5. The number of aliphatic hydroxyl groups is 1. The van der Waals surface area contributed by atoms with Crippen LogP contribution in [-0.4, -0.2) is 27.8 Å². The van der Waals surface area contributed by atoms with Gasteiger partial charge in [-0.05, 0) is 19.1 Å². The summed E-state index contributed by atoms with van der Waals surface area (Å²) in [6.07, 6.45) is 2.38. The number of aromatic nitrogens is 1. The number of nitrogens with zero attached hydrogens (tertiary/aromatic N) is 1. The first-order valence-electron chi connectivity index (χ1n) is 4.36. The summed E-state index contributed by atoms with van der Waals surface area (Å²) >= 11 is 0. The summed E-state index contributed by atoms with van der Waals surface area (Å²) in [7, 11) is 0.